The highest BCUT2D eigenvalue weighted by atomic mass is 127. The second-order valence-corrected chi connectivity index (χ2v) is 9.20. The molecule has 0 aliphatic carbocycles. The first-order valence-corrected chi connectivity index (χ1v) is 12.7. The highest BCUT2D eigenvalue weighted by molar-refractivity contribution is 14.1. The Balaban J connectivity index is 1.53. The zero-order valence-electron chi connectivity index (χ0n) is 20.5. The van der Waals surface area contributed by atoms with Gasteiger partial charge in [-0.25, -0.2) is 0 Å². The van der Waals surface area contributed by atoms with E-state index in [1.165, 1.54) is 6.08 Å². The van der Waals surface area contributed by atoms with Crippen molar-refractivity contribution in [2.45, 2.75) is 13.5 Å². The van der Waals surface area contributed by atoms with Gasteiger partial charge in [0.1, 0.15) is 24.0 Å². The van der Waals surface area contributed by atoms with E-state index in [0.717, 1.165) is 19.9 Å². The van der Waals surface area contributed by atoms with E-state index in [-0.39, 0.29) is 5.57 Å². The average molecular weight is 604 g/mol. The minimum Gasteiger partial charge on any atom is -0.494 e. The molecule has 0 bridgehead atoms. The second kappa shape index (κ2) is 12.3. The van der Waals surface area contributed by atoms with Crippen LogP contribution in [0.3, 0.4) is 0 Å². The summed E-state index contributed by atoms with van der Waals surface area (Å²) >= 11 is 2.17. The lowest BCUT2D eigenvalue weighted by molar-refractivity contribution is -0.112. The standard InChI is InChI=1S/C30H25IN2O4/c1-3-36-25-13-11-24(12-14-25)33-30(34)23(18-32)15-20-16-27(31)29(28(17-20)35-2)37-19-22-9-6-8-21-7-4-5-10-26(21)22/h4-17H,3,19H2,1-2H3,(H,33,34)/b23-15-. The highest BCUT2D eigenvalue weighted by Gasteiger charge is 2.15. The number of methoxy groups -OCH3 is 1. The molecule has 0 aromatic heterocycles. The molecule has 6 nitrogen and oxygen atoms in total. The van der Waals surface area contributed by atoms with Gasteiger partial charge in [-0.2, -0.15) is 5.26 Å². The third-order valence-corrected chi connectivity index (χ3v) is 6.40. The lowest BCUT2D eigenvalue weighted by Gasteiger charge is -2.15. The van der Waals surface area contributed by atoms with Crippen LogP contribution >= 0.6 is 22.6 Å². The van der Waals surface area contributed by atoms with Gasteiger partial charge >= 0.3 is 0 Å². The first-order valence-electron chi connectivity index (χ1n) is 11.7. The molecule has 1 amide bonds. The minimum atomic E-state index is -0.503. The van der Waals surface area contributed by atoms with Crippen LogP contribution in [0.5, 0.6) is 17.2 Å². The number of rotatable bonds is 9. The molecule has 4 rings (SSSR count). The lowest BCUT2D eigenvalue weighted by atomic mass is 10.1. The number of hydrogen-bond donors (Lipinski definition) is 1. The number of nitrogens with zero attached hydrogens (tertiary/aromatic N) is 1. The molecule has 0 radical (unpaired) electrons. The summed E-state index contributed by atoms with van der Waals surface area (Å²) in [6.07, 6.45) is 1.53. The SMILES string of the molecule is CCOc1ccc(NC(=O)/C(C#N)=C\c2cc(I)c(OCc3cccc4ccccc34)c(OC)c2)cc1. The molecule has 7 heteroatoms. The van der Waals surface area contributed by atoms with Gasteiger partial charge in [0.2, 0.25) is 0 Å². The zero-order chi connectivity index (χ0) is 26.2. The lowest BCUT2D eigenvalue weighted by Crippen LogP contribution is -2.13. The molecule has 0 spiro atoms. The van der Waals surface area contributed by atoms with Crippen molar-refractivity contribution in [2.75, 3.05) is 19.0 Å². The van der Waals surface area contributed by atoms with Crippen LogP contribution in [-0.2, 0) is 11.4 Å². The van der Waals surface area contributed by atoms with Crippen LogP contribution < -0.4 is 19.5 Å². The van der Waals surface area contributed by atoms with E-state index in [9.17, 15) is 10.1 Å². The van der Waals surface area contributed by atoms with Crippen LogP contribution in [0.4, 0.5) is 5.69 Å². The largest absolute Gasteiger partial charge is 0.494 e. The van der Waals surface area contributed by atoms with E-state index < -0.39 is 5.91 Å². The van der Waals surface area contributed by atoms with Crippen molar-refractivity contribution in [3.8, 4) is 23.3 Å². The molecule has 0 saturated heterocycles. The van der Waals surface area contributed by atoms with E-state index in [2.05, 4.69) is 46.1 Å². The molecule has 0 unspecified atom stereocenters. The van der Waals surface area contributed by atoms with Gasteiger partial charge in [-0.15, -0.1) is 0 Å². The van der Waals surface area contributed by atoms with Crippen molar-refractivity contribution in [2.24, 2.45) is 0 Å². The third-order valence-electron chi connectivity index (χ3n) is 5.60. The van der Waals surface area contributed by atoms with Gasteiger partial charge in [0.25, 0.3) is 5.91 Å². The van der Waals surface area contributed by atoms with E-state index in [0.29, 0.717) is 41.7 Å². The maximum absolute atomic E-state index is 12.7. The molecule has 0 fully saturated rings. The molecule has 4 aromatic carbocycles. The number of amides is 1. The maximum atomic E-state index is 12.7. The van der Waals surface area contributed by atoms with Crippen LogP contribution in [0, 0.1) is 14.9 Å². The van der Waals surface area contributed by atoms with Gasteiger partial charge in [0, 0.05) is 5.69 Å². The molecule has 37 heavy (non-hydrogen) atoms. The zero-order valence-corrected chi connectivity index (χ0v) is 22.6. The number of hydrogen-bond acceptors (Lipinski definition) is 5. The van der Waals surface area contributed by atoms with Gasteiger partial charge in [-0.05, 0) is 93.9 Å². The van der Waals surface area contributed by atoms with Gasteiger partial charge in [-0.3, -0.25) is 4.79 Å². The first kappa shape index (κ1) is 26.0. The Labute approximate surface area is 229 Å². The molecular weight excluding hydrogens is 579 g/mol. The van der Waals surface area contributed by atoms with Crippen LogP contribution in [0.1, 0.15) is 18.1 Å². The summed E-state index contributed by atoms with van der Waals surface area (Å²) < 4.78 is 18.0. The number of fused-ring (bicyclic) bond motifs is 1. The molecule has 0 aliphatic heterocycles. The number of carbonyl (C=O) groups is 1. The van der Waals surface area contributed by atoms with E-state index in [1.807, 2.05) is 43.3 Å². The summed E-state index contributed by atoms with van der Waals surface area (Å²) in [6, 6.07) is 26.9. The van der Waals surface area contributed by atoms with E-state index in [1.54, 1.807) is 37.4 Å². The van der Waals surface area contributed by atoms with Gasteiger partial charge in [-0.1, -0.05) is 42.5 Å². The molecule has 0 saturated carbocycles. The summed E-state index contributed by atoms with van der Waals surface area (Å²) in [5, 5.41) is 14.7. The van der Waals surface area contributed by atoms with Crippen molar-refractivity contribution in [1.29, 1.82) is 5.26 Å². The summed E-state index contributed by atoms with van der Waals surface area (Å²) in [5.74, 6) is 1.33. The Kier molecular flexibility index (Phi) is 8.64. The summed E-state index contributed by atoms with van der Waals surface area (Å²) in [5.41, 5.74) is 2.25. The molecule has 4 aromatic rings. The van der Waals surface area contributed by atoms with Crippen LogP contribution in [0.2, 0.25) is 0 Å². The fourth-order valence-electron chi connectivity index (χ4n) is 3.85. The number of anilines is 1. The van der Waals surface area contributed by atoms with E-state index in [4.69, 9.17) is 14.2 Å². The maximum Gasteiger partial charge on any atom is 0.266 e. The number of carbonyl (C=O) groups excluding carboxylic acids is 1. The smallest absolute Gasteiger partial charge is 0.266 e. The number of nitrogens with one attached hydrogen (secondary N) is 1. The third kappa shape index (κ3) is 6.40. The predicted octanol–water partition coefficient (Wildman–Crippen LogP) is 6.98. The van der Waals surface area contributed by atoms with Crippen molar-refractivity contribution < 1.29 is 19.0 Å². The van der Waals surface area contributed by atoms with Crippen LogP contribution in [0.15, 0.2) is 84.4 Å². The van der Waals surface area contributed by atoms with Crippen molar-refractivity contribution in [3.63, 3.8) is 0 Å². The topological polar surface area (TPSA) is 80.6 Å². The van der Waals surface area contributed by atoms with Gasteiger partial charge < -0.3 is 19.5 Å². The molecule has 186 valence electrons. The fraction of sp³-hybridized carbons (Fsp3) is 0.133. The number of ether oxygens (including phenoxy) is 3. The van der Waals surface area contributed by atoms with E-state index >= 15 is 0 Å². The summed E-state index contributed by atoms with van der Waals surface area (Å²) in [4.78, 5) is 12.7. The number of halogens is 1. The Bertz CT molecular complexity index is 1480. The molecule has 0 aliphatic rings. The number of nitriles is 1. The van der Waals surface area contributed by atoms with Crippen LogP contribution in [0.25, 0.3) is 16.8 Å². The Hall–Kier alpha value is -4.03. The van der Waals surface area contributed by atoms with Crippen molar-refractivity contribution in [1.82, 2.24) is 0 Å². The monoisotopic (exact) mass is 604 g/mol. The normalized spacial score (nSPS) is 11.0. The Morgan fingerprint density at radius 3 is 2.51 bits per heavy atom. The first-order chi connectivity index (χ1) is 18.0. The summed E-state index contributed by atoms with van der Waals surface area (Å²) in [7, 11) is 1.56. The van der Waals surface area contributed by atoms with Crippen molar-refractivity contribution in [3.05, 3.63) is 99.1 Å². The van der Waals surface area contributed by atoms with Gasteiger partial charge in [0.15, 0.2) is 11.5 Å². The fourth-order valence-corrected chi connectivity index (χ4v) is 4.63. The Morgan fingerprint density at radius 1 is 1.03 bits per heavy atom. The molecule has 0 heterocycles. The van der Waals surface area contributed by atoms with Crippen LogP contribution in [-0.4, -0.2) is 19.6 Å². The number of benzene rings is 4. The quantitative estimate of drug-likeness (QED) is 0.127. The highest BCUT2D eigenvalue weighted by Crippen LogP contribution is 2.35. The second-order valence-electron chi connectivity index (χ2n) is 8.04. The molecule has 1 N–H and O–H groups in total. The van der Waals surface area contributed by atoms with Gasteiger partial charge in [0.05, 0.1) is 17.3 Å². The molecular formula is C30H25IN2O4. The Morgan fingerprint density at radius 2 is 1.78 bits per heavy atom. The summed E-state index contributed by atoms with van der Waals surface area (Å²) in [6.45, 7) is 2.83. The minimum absolute atomic E-state index is 0.0313. The predicted molar refractivity (Wildman–Crippen MR) is 154 cm³/mol. The molecule has 0 atom stereocenters. The average Bonchev–Trinajstić information content (AvgIpc) is 2.92. The van der Waals surface area contributed by atoms with Crippen molar-refractivity contribution >= 4 is 51.0 Å².